The molecule has 0 radical (unpaired) electrons. The molecular formula is C32H32N4O2S2. The van der Waals surface area contributed by atoms with Crippen molar-refractivity contribution in [1.29, 1.82) is 0 Å². The van der Waals surface area contributed by atoms with E-state index in [1.807, 2.05) is 69.5 Å². The van der Waals surface area contributed by atoms with E-state index in [9.17, 15) is 8.42 Å². The van der Waals surface area contributed by atoms with Crippen LogP contribution in [0.25, 0.3) is 33.0 Å². The van der Waals surface area contributed by atoms with Crippen LogP contribution in [0.3, 0.4) is 0 Å². The molecule has 5 rings (SSSR count). The number of rotatable bonds is 8. The number of benzene rings is 3. The Hall–Kier alpha value is -3.72. The van der Waals surface area contributed by atoms with Gasteiger partial charge in [0.05, 0.1) is 0 Å². The van der Waals surface area contributed by atoms with Gasteiger partial charge in [0, 0.05) is 41.0 Å². The summed E-state index contributed by atoms with van der Waals surface area (Å²) in [5, 5.41) is 6.31. The van der Waals surface area contributed by atoms with Crippen molar-refractivity contribution in [3.05, 3.63) is 103 Å². The van der Waals surface area contributed by atoms with Gasteiger partial charge in [-0.3, -0.25) is 4.98 Å². The van der Waals surface area contributed by atoms with Crippen LogP contribution in [0, 0.1) is 0 Å². The van der Waals surface area contributed by atoms with Crippen LogP contribution in [0.5, 0.6) is 0 Å². The van der Waals surface area contributed by atoms with Gasteiger partial charge in [0.25, 0.3) is 0 Å². The summed E-state index contributed by atoms with van der Waals surface area (Å²) < 4.78 is 29.1. The quantitative estimate of drug-likeness (QED) is 0.190. The smallest absolute Gasteiger partial charge is 0.242 e. The molecule has 3 aromatic carbocycles. The minimum Gasteiger partial charge on any atom is -0.365 e. The zero-order chi connectivity index (χ0) is 28.3. The van der Waals surface area contributed by atoms with Crippen molar-refractivity contribution in [2.24, 2.45) is 0 Å². The summed E-state index contributed by atoms with van der Waals surface area (Å²) in [5.74, 6) is 0.776. The third kappa shape index (κ3) is 6.04. The molecule has 0 spiro atoms. The molecule has 0 unspecified atom stereocenters. The predicted molar refractivity (Wildman–Crippen MR) is 166 cm³/mol. The van der Waals surface area contributed by atoms with Crippen LogP contribution in [0.15, 0.2) is 107 Å². The van der Waals surface area contributed by atoms with Gasteiger partial charge in [0.15, 0.2) is 0 Å². The summed E-state index contributed by atoms with van der Waals surface area (Å²) in [5.41, 5.74) is 4.19. The van der Waals surface area contributed by atoms with Crippen molar-refractivity contribution in [2.75, 3.05) is 11.6 Å². The van der Waals surface area contributed by atoms with Crippen LogP contribution in [-0.4, -0.2) is 30.2 Å². The average Bonchev–Trinajstić information content (AvgIpc) is 2.95. The van der Waals surface area contributed by atoms with Gasteiger partial charge >= 0.3 is 0 Å². The van der Waals surface area contributed by atoms with E-state index in [2.05, 4.69) is 51.4 Å². The maximum absolute atomic E-state index is 13.2. The van der Waals surface area contributed by atoms with Crippen molar-refractivity contribution >= 4 is 38.4 Å². The van der Waals surface area contributed by atoms with Gasteiger partial charge in [-0.2, -0.15) is 0 Å². The standard InChI is InChI=1S/C32H32N4O2S2/c1-32(2,3)36-40(37,38)25-18-24(20-33-21-25)28-27-17-11-16-26(23-14-9-6-10-15-23)29(27)30(35-31(28)39-4)34-19-22-12-7-5-8-13-22/h5-18,20-21,36H,19H2,1-4H3,(H,34,35). The molecule has 0 aliphatic rings. The minimum atomic E-state index is -3.77. The summed E-state index contributed by atoms with van der Waals surface area (Å²) in [7, 11) is -3.77. The fourth-order valence-electron chi connectivity index (χ4n) is 4.70. The summed E-state index contributed by atoms with van der Waals surface area (Å²) in [6.45, 7) is 6.07. The van der Waals surface area contributed by atoms with Gasteiger partial charge in [0.2, 0.25) is 10.0 Å². The molecular weight excluding hydrogens is 537 g/mol. The lowest BCUT2D eigenvalue weighted by Gasteiger charge is -2.21. The summed E-state index contributed by atoms with van der Waals surface area (Å²) >= 11 is 1.52. The number of nitrogens with zero attached hydrogens (tertiary/aromatic N) is 2. The molecule has 2 N–H and O–H groups in total. The fraction of sp³-hybridized carbons (Fsp3) is 0.188. The highest BCUT2D eigenvalue weighted by Crippen LogP contribution is 2.42. The Bertz CT molecular complexity index is 1750. The molecule has 8 heteroatoms. The van der Waals surface area contributed by atoms with E-state index in [4.69, 9.17) is 4.98 Å². The zero-order valence-electron chi connectivity index (χ0n) is 23.0. The largest absolute Gasteiger partial charge is 0.365 e. The maximum Gasteiger partial charge on any atom is 0.242 e. The molecule has 204 valence electrons. The Balaban J connectivity index is 1.73. The highest BCUT2D eigenvalue weighted by molar-refractivity contribution is 7.98. The highest BCUT2D eigenvalue weighted by Gasteiger charge is 2.24. The van der Waals surface area contributed by atoms with Crippen molar-refractivity contribution in [3.8, 4) is 22.3 Å². The number of nitrogens with one attached hydrogen (secondary N) is 2. The van der Waals surface area contributed by atoms with E-state index in [0.29, 0.717) is 12.1 Å². The van der Waals surface area contributed by atoms with Crippen LogP contribution in [0.4, 0.5) is 5.82 Å². The molecule has 0 aliphatic heterocycles. The highest BCUT2D eigenvalue weighted by atomic mass is 32.2. The van der Waals surface area contributed by atoms with Crippen LogP contribution in [0.1, 0.15) is 26.3 Å². The van der Waals surface area contributed by atoms with Gasteiger partial charge in [-0.15, -0.1) is 11.8 Å². The molecule has 0 fully saturated rings. The second-order valence-electron chi connectivity index (χ2n) is 10.5. The number of thioether (sulfide) groups is 1. The van der Waals surface area contributed by atoms with Crippen molar-refractivity contribution < 1.29 is 8.42 Å². The third-order valence-corrected chi connectivity index (χ3v) is 8.74. The topological polar surface area (TPSA) is 84.0 Å². The molecule has 0 bridgehead atoms. The van der Waals surface area contributed by atoms with Crippen molar-refractivity contribution in [1.82, 2.24) is 14.7 Å². The molecule has 40 heavy (non-hydrogen) atoms. The van der Waals surface area contributed by atoms with Crippen molar-refractivity contribution in [2.45, 2.75) is 42.8 Å². The Morgan fingerprint density at radius 1 is 0.850 bits per heavy atom. The molecule has 0 saturated heterocycles. The Morgan fingerprint density at radius 3 is 2.23 bits per heavy atom. The third-order valence-electron chi connectivity index (χ3n) is 6.33. The molecule has 5 aromatic rings. The van der Waals surface area contributed by atoms with Crippen LogP contribution in [0.2, 0.25) is 0 Å². The fourth-order valence-corrected chi connectivity index (χ4v) is 6.72. The van der Waals surface area contributed by atoms with Crippen molar-refractivity contribution in [3.63, 3.8) is 0 Å². The van der Waals surface area contributed by atoms with E-state index in [1.165, 1.54) is 18.0 Å². The predicted octanol–water partition coefficient (Wildman–Crippen LogP) is 7.37. The SMILES string of the molecule is CSc1nc(NCc2ccccc2)c2c(-c3ccccc3)cccc2c1-c1cncc(S(=O)(=O)NC(C)(C)C)c1. The van der Waals surface area contributed by atoms with Crippen LogP contribution in [-0.2, 0) is 16.6 Å². The van der Waals surface area contributed by atoms with E-state index in [0.717, 1.165) is 43.9 Å². The number of hydrogen-bond acceptors (Lipinski definition) is 6. The molecule has 0 atom stereocenters. The second-order valence-corrected chi connectivity index (χ2v) is 13.0. The number of sulfonamides is 1. The molecule has 2 aromatic heterocycles. The first kappa shape index (κ1) is 27.8. The summed E-state index contributed by atoms with van der Waals surface area (Å²) in [6.07, 6.45) is 5.07. The molecule has 0 saturated carbocycles. The summed E-state index contributed by atoms with van der Waals surface area (Å²) in [4.78, 5) is 9.57. The average molecular weight is 569 g/mol. The van der Waals surface area contributed by atoms with Gasteiger partial charge in [-0.05, 0) is 55.2 Å². The van der Waals surface area contributed by atoms with Gasteiger partial charge in [0.1, 0.15) is 15.7 Å². The Labute approximate surface area is 240 Å². The van der Waals surface area contributed by atoms with E-state index in [1.54, 1.807) is 12.3 Å². The van der Waals surface area contributed by atoms with E-state index < -0.39 is 15.6 Å². The lowest BCUT2D eigenvalue weighted by atomic mass is 9.94. The molecule has 2 heterocycles. The monoisotopic (exact) mass is 568 g/mol. The van der Waals surface area contributed by atoms with E-state index in [-0.39, 0.29) is 4.90 Å². The van der Waals surface area contributed by atoms with Gasteiger partial charge in [-0.1, -0.05) is 78.9 Å². The number of pyridine rings is 2. The first-order chi connectivity index (χ1) is 19.2. The zero-order valence-corrected chi connectivity index (χ0v) is 24.6. The van der Waals surface area contributed by atoms with Crippen LogP contribution < -0.4 is 10.0 Å². The van der Waals surface area contributed by atoms with E-state index >= 15 is 0 Å². The first-order valence-electron chi connectivity index (χ1n) is 13.0. The van der Waals surface area contributed by atoms with Gasteiger partial charge in [-0.25, -0.2) is 18.1 Å². The lowest BCUT2D eigenvalue weighted by molar-refractivity contribution is 0.491. The number of hydrogen-bond donors (Lipinski definition) is 2. The molecule has 0 amide bonds. The molecule has 6 nitrogen and oxygen atoms in total. The second kappa shape index (κ2) is 11.4. The Morgan fingerprint density at radius 2 is 1.55 bits per heavy atom. The normalized spacial score (nSPS) is 12.0. The molecule has 0 aliphatic carbocycles. The minimum absolute atomic E-state index is 0.116. The number of fused-ring (bicyclic) bond motifs is 1. The first-order valence-corrected chi connectivity index (χ1v) is 15.7. The summed E-state index contributed by atoms with van der Waals surface area (Å²) in [6, 6.07) is 28.3. The number of anilines is 1. The van der Waals surface area contributed by atoms with Gasteiger partial charge < -0.3 is 5.32 Å². The number of aromatic nitrogens is 2. The Kier molecular flexibility index (Phi) is 7.94. The lowest BCUT2D eigenvalue weighted by Crippen LogP contribution is -2.40. The van der Waals surface area contributed by atoms with Crippen LogP contribution >= 0.6 is 11.8 Å². The maximum atomic E-state index is 13.2.